The van der Waals surface area contributed by atoms with Crippen LogP contribution in [0.4, 0.5) is 0 Å². The third kappa shape index (κ3) is 3.74. The van der Waals surface area contributed by atoms with E-state index in [0.29, 0.717) is 5.92 Å². The molecule has 0 N–H and O–H groups in total. The van der Waals surface area contributed by atoms with Crippen molar-refractivity contribution in [1.82, 2.24) is 4.98 Å². The highest BCUT2D eigenvalue weighted by atomic mass is 14.7. The van der Waals surface area contributed by atoms with Gasteiger partial charge in [0.25, 0.3) is 0 Å². The quantitative estimate of drug-likeness (QED) is 0.407. The van der Waals surface area contributed by atoms with Gasteiger partial charge < -0.3 is 0 Å². The molecule has 1 saturated carbocycles. The molecular weight excluding hydrogens is 384 g/mol. The van der Waals surface area contributed by atoms with E-state index in [1.165, 1.54) is 6.42 Å². The van der Waals surface area contributed by atoms with Crippen LogP contribution < -0.4 is 0 Å². The van der Waals surface area contributed by atoms with E-state index < -0.39 is 5.21 Å². The molecule has 3 heteroatoms. The SMILES string of the molecule is [B]C([B])(c1ccc(-c2ccnc(-c3ccccc3)c2)cc1)C(C)C1(C)CCC(C)C1(C)C. The fourth-order valence-electron chi connectivity index (χ4n) is 5.64. The maximum absolute atomic E-state index is 6.87. The lowest BCUT2D eigenvalue weighted by atomic mass is 9.39. The summed E-state index contributed by atoms with van der Waals surface area (Å²) in [5.41, 5.74) is 5.63. The van der Waals surface area contributed by atoms with Crippen molar-refractivity contribution in [1.29, 1.82) is 0 Å². The number of rotatable bonds is 5. The number of hydrogen-bond donors (Lipinski definition) is 0. The molecule has 4 rings (SSSR count). The van der Waals surface area contributed by atoms with Crippen LogP contribution in [0.5, 0.6) is 0 Å². The van der Waals surface area contributed by atoms with Crippen molar-refractivity contribution in [2.75, 3.05) is 0 Å². The lowest BCUT2D eigenvalue weighted by Crippen LogP contribution is -2.49. The molecule has 1 aliphatic rings. The van der Waals surface area contributed by atoms with E-state index >= 15 is 0 Å². The van der Waals surface area contributed by atoms with Crippen molar-refractivity contribution in [2.45, 2.75) is 52.7 Å². The fourth-order valence-corrected chi connectivity index (χ4v) is 5.64. The molecule has 4 radical (unpaired) electrons. The molecule has 3 atom stereocenters. The van der Waals surface area contributed by atoms with Gasteiger partial charge in [0.05, 0.1) is 21.4 Å². The van der Waals surface area contributed by atoms with Crippen molar-refractivity contribution in [3.05, 3.63) is 78.5 Å². The van der Waals surface area contributed by atoms with Crippen molar-refractivity contribution >= 4 is 15.7 Å². The molecule has 0 aliphatic heterocycles. The van der Waals surface area contributed by atoms with Gasteiger partial charge in [-0.2, -0.15) is 0 Å². The van der Waals surface area contributed by atoms with E-state index in [4.69, 9.17) is 15.7 Å². The molecule has 160 valence electrons. The van der Waals surface area contributed by atoms with Crippen LogP contribution in [-0.2, 0) is 5.21 Å². The lowest BCUT2D eigenvalue weighted by molar-refractivity contribution is 0.0299. The second kappa shape index (κ2) is 8.25. The first kappa shape index (κ1) is 22.9. The molecular formula is C29H33B2N. The molecule has 2 aromatic carbocycles. The van der Waals surface area contributed by atoms with Crippen LogP contribution in [0.3, 0.4) is 0 Å². The summed E-state index contributed by atoms with van der Waals surface area (Å²) < 4.78 is 0. The zero-order valence-corrected chi connectivity index (χ0v) is 20.1. The summed E-state index contributed by atoms with van der Waals surface area (Å²) in [6, 6.07) is 22.9. The highest BCUT2D eigenvalue weighted by molar-refractivity contribution is 6.40. The first-order valence-electron chi connectivity index (χ1n) is 11.8. The van der Waals surface area contributed by atoms with E-state index in [1.54, 1.807) is 0 Å². The zero-order valence-electron chi connectivity index (χ0n) is 20.1. The molecule has 1 nitrogen and oxygen atoms in total. The van der Waals surface area contributed by atoms with Gasteiger partial charge >= 0.3 is 0 Å². The van der Waals surface area contributed by atoms with Gasteiger partial charge in [-0.25, -0.2) is 0 Å². The topological polar surface area (TPSA) is 12.9 Å². The molecule has 1 fully saturated rings. The predicted octanol–water partition coefficient (Wildman–Crippen LogP) is 7.00. The van der Waals surface area contributed by atoms with Crippen molar-refractivity contribution in [3.8, 4) is 22.4 Å². The van der Waals surface area contributed by atoms with Crippen LogP contribution >= 0.6 is 0 Å². The summed E-state index contributed by atoms with van der Waals surface area (Å²) in [6.07, 6.45) is 4.26. The summed E-state index contributed by atoms with van der Waals surface area (Å²) in [5.74, 6) is 0.810. The minimum absolute atomic E-state index is 0.0876. The Morgan fingerprint density at radius 3 is 2.16 bits per heavy atom. The van der Waals surface area contributed by atoms with Gasteiger partial charge in [-0.15, -0.1) is 0 Å². The maximum Gasteiger partial charge on any atom is 0.0708 e. The largest absolute Gasteiger partial charge is 0.256 e. The Balaban J connectivity index is 1.61. The van der Waals surface area contributed by atoms with Crippen molar-refractivity contribution < 1.29 is 0 Å². The normalized spacial score (nSPS) is 23.7. The Morgan fingerprint density at radius 2 is 1.56 bits per heavy atom. The number of hydrogen-bond acceptors (Lipinski definition) is 1. The Kier molecular flexibility index (Phi) is 5.90. The van der Waals surface area contributed by atoms with Gasteiger partial charge in [-0.05, 0) is 58.8 Å². The smallest absolute Gasteiger partial charge is 0.0708 e. The van der Waals surface area contributed by atoms with Gasteiger partial charge in [-0.3, -0.25) is 4.98 Å². The van der Waals surface area contributed by atoms with E-state index in [1.807, 2.05) is 30.5 Å². The number of aromatic nitrogens is 1. The zero-order chi connectivity index (χ0) is 23.1. The minimum Gasteiger partial charge on any atom is -0.256 e. The molecule has 1 aromatic heterocycles. The monoisotopic (exact) mass is 417 g/mol. The molecule has 32 heavy (non-hydrogen) atoms. The Bertz CT molecular complexity index is 1070. The molecule has 0 saturated heterocycles. The Morgan fingerprint density at radius 1 is 0.906 bits per heavy atom. The van der Waals surface area contributed by atoms with Crippen molar-refractivity contribution in [3.63, 3.8) is 0 Å². The third-order valence-corrected chi connectivity index (χ3v) is 9.02. The van der Waals surface area contributed by atoms with E-state index in [0.717, 1.165) is 34.4 Å². The van der Waals surface area contributed by atoms with E-state index in [-0.39, 0.29) is 16.7 Å². The van der Waals surface area contributed by atoms with Crippen LogP contribution in [-0.4, -0.2) is 20.7 Å². The maximum atomic E-state index is 6.87. The Hall–Kier alpha value is -2.28. The van der Waals surface area contributed by atoms with Crippen LogP contribution in [0, 0.1) is 22.7 Å². The third-order valence-electron chi connectivity index (χ3n) is 9.02. The molecule has 0 amide bonds. The first-order valence-corrected chi connectivity index (χ1v) is 11.8. The standard InChI is InChI=1S/C29H33B2N/c1-20-15-17-28(5,27(20,3)4)21(2)29(30,31)25-13-11-22(12-14-25)24-16-18-32-26(19-24)23-9-7-6-8-10-23/h6-14,16,18-21H,15,17H2,1-5H3. The van der Waals surface area contributed by atoms with Gasteiger partial charge in [0.2, 0.25) is 0 Å². The van der Waals surface area contributed by atoms with Gasteiger partial charge in [0, 0.05) is 11.8 Å². The van der Waals surface area contributed by atoms with E-state index in [2.05, 4.69) is 82.1 Å². The predicted molar refractivity (Wildman–Crippen MR) is 138 cm³/mol. The molecule has 3 unspecified atom stereocenters. The Labute approximate surface area is 196 Å². The molecule has 0 bridgehead atoms. The van der Waals surface area contributed by atoms with E-state index in [9.17, 15) is 0 Å². The highest BCUT2D eigenvalue weighted by Gasteiger charge is 2.55. The van der Waals surface area contributed by atoms with Crippen LogP contribution in [0.25, 0.3) is 22.4 Å². The molecule has 1 heterocycles. The van der Waals surface area contributed by atoms with Gasteiger partial charge in [0.1, 0.15) is 0 Å². The number of pyridine rings is 1. The summed E-state index contributed by atoms with van der Waals surface area (Å²) in [6.45, 7) is 11.7. The fraction of sp³-hybridized carbons (Fsp3) is 0.414. The average molecular weight is 417 g/mol. The number of nitrogens with zero attached hydrogens (tertiary/aromatic N) is 1. The number of benzene rings is 2. The van der Waals surface area contributed by atoms with Crippen molar-refractivity contribution in [2.24, 2.45) is 22.7 Å². The second-order valence-corrected chi connectivity index (χ2v) is 10.6. The first-order chi connectivity index (χ1) is 15.1. The summed E-state index contributed by atoms with van der Waals surface area (Å²) in [5, 5.41) is -0.887. The molecule has 0 spiro atoms. The van der Waals surface area contributed by atoms with Crippen LogP contribution in [0.1, 0.15) is 53.0 Å². The summed E-state index contributed by atoms with van der Waals surface area (Å²) in [4.78, 5) is 4.55. The molecule has 3 aromatic rings. The van der Waals surface area contributed by atoms with Crippen LogP contribution in [0.15, 0.2) is 72.9 Å². The minimum atomic E-state index is -0.887. The van der Waals surface area contributed by atoms with Gasteiger partial charge in [0.15, 0.2) is 0 Å². The molecule has 1 aliphatic carbocycles. The average Bonchev–Trinajstić information content (AvgIpc) is 3.02. The summed E-state index contributed by atoms with van der Waals surface area (Å²) in [7, 11) is 13.7. The lowest BCUT2D eigenvalue weighted by Gasteiger charge is -2.52. The van der Waals surface area contributed by atoms with Gasteiger partial charge in [-0.1, -0.05) is 100.0 Å². The second-order valence-electron chi connectivity index (χ2n) is 10.6. The highest BCUT2D eigenvalue weighted by Crippen LogP contribution is 2.61. The van der Waals surface area contributed by atoms with Crippen LogP contribution in [0.2, 0.25) is 0 Å². The summed E-state index contributed by atoms with van der Waals surface area (Å²) >= 11 is 0.